The standard InChI is InChI=1S/C9H14N4O/c1-6(2)10-8-4-5-9(13-12-8)11-7(3)14/h4-6H,1-3H3,(H,10,12)(H,11,13,14). The lowest BCUT2D eigenvalue weighted by atomic mass is 10.4. The Bertz CT molecular complexity index is 307. The molecule has 0 fully saturated rings. The minimum absolute atomic E-state index is 0.149. The predicted molar refractivity (Wildman–Crippen MR) is 55.1 cm³/mol. The Morgan fingerprint density at radius 2 is 1.86 bits per heavy atom. The first kappa shape index (κ1) is 10.4. The molecule has 1 aromatic heterocycles. The monoisotopic (exact) mass is 194 g/mol. The van der Waals surface area contributed by atoms with Gasteiger partial charge in [0, 0.05) is 13.0 Å². The van der Waals surface area contributed by atoms with E-state index in [4.69, 9.17) is 0 Å². The van der Waals surface area contributed by atoms with Gasteiger partial charge in [-0.25, -0.2) is 0 Å². The van der Waals surface area contributed by atoms with Crippen molar-refractivity contribution < 1.29 is 4.79 Å². The summed E-state index contributed by atoms with van der Waals surface area (Å²) in [6.45, 7) is 5.47. The van der Waals surface area contributed by atoms with Crippen molar-refractivity contribution in [1.29, 1.82) is 0 Å². The molecule has 0 aliphatic carbocycles. The van der Waals surface area contributed by atoms with Crippen LogP contribution in [0.4, 0.5) is 11.6 Å². The number of nitrogens with zero attached hydrogens (tertiary/aromatic N) is 2. The van der Waals surface area contributed by atoms with Crippen LogP contribution in [0, 0.1) is 0 Å². The molecule has 5 heteroatoms. The summed E-state index contributed by atoms with van der Waals surface area (Å²) in [6.07, 6.45) is 0. The predicted octanol–water partition coefficient (Wildman–Crippen LogP) is 1.26. The van der Waals surface area contributed by atoms with Crippen LogP contribution in [-0.4, -0.2) is 22.1 Å². The summed E-state index contributed by atoms with van der Waals surface area (Å²) in [5.41, 5.74) is 0. The number of nitrogens with one attached hydrogen (secondary N) is 2. The molecule has 0 unspecified atom stereocenters. The van der Waals surface area contributed by atoms with Crippen molar-refractivity contribution in [3.63, 3.8) is 0 Å². The molecule has 1 amide bonds. The third-order valence-corrected chi connectivity index (χ3v) is 1.41. The van der Waals surface area contributed by atoms with Gasteiger partial charge < -0.3 is 10.6 Å². The van der Waals surface area contributed by atoms with Crippen LogP contribution in [0.5, 0.6) is 0 Å². The normalized spacial score (nSPS) is 10.0. The first-order valence-electron chi connectivity index (χ1n) is 4.46. The molecular formula is C9H14N4O. The Morgan fingerprint density at radius 1 is 1.29 bits per heavy atom. The molecule has 0 aliphatic heterocycles. The highest BCUT2D eigenvalue weighted by Gasteiger charge is 1.99. The number of aromatic nitrogens is 2. The number of amides is 1. The summed E-state index contributed by atoms with van der Waals surface area (Å²) in [5.74, 6) is 1.02. The van der Waals surface area contributed by atoms with Crippen LogP contribution in [0.25, 0.3) is 0 Å². The molecule has 14 heavy (non-hydrogen) atoms. The average molecular weight is 194 g/mol. The lowest BCUT2D eigenvalue weighted by Gasteiger charge is -2.08. The molecule has 0 atom stereocenters. The molecule has 0 spiro atoms. The van der Waals surface area contributed by atoms with Crippen LogP contribution in [0.15, 0.2) is 12.1 Å². The van der Waals surface area contributed by atoms with Crippen molar-refractivity contribution in [3.05, 3.63) is 12.1 Å². The van der Waals surface area contributed by atoms with Crippen molar-refractivity contribution in [3.8, 4) is 0 Å². The molecule has 1 heterocycles. The average Bonchev–Trinajstić information content (AvgIpc) is 2.06. The third kappa shape index (κ3) is 3.38. The molecule has 0 saturated heterocycles. The van der Waals surface area contributed by atoms with Gasteiger partial charge in [-0.05, 0) is 26.0 Å². The van der Waals surface area contributed by atoms with Crippen LogP contribution in [0.3, 0.4) is 0 Å². The molecule has 1 aromatic rings. The smallest absolute Gasteiger partial charge is 0.222 e. The number of carbonyl (C=O) groups is 1. The number of hydrogen-bond acceptors (Lipinski definition) is 4. The van der Waals surface area contributed by atoms with Crippen LogP contribution < -0.4 is 10.6 Å². The lowest BCUT2D eigenvalue weighted by Crippen LogP contribution is -2.13. The minimum atomic E-state index is -0.149. The SMILES string of the molecule is CC(=O)Nc1ccc(NC(C)C)nn1. The van der Waals surface area contributed by atoms with Crippen LogP contribution >= 0.6 is 0 Å². The van der Waals surface area contributed by atoms with Crippen molar-refractivity contribution >= 4 is 17.5 Å². The minimum Gasteiger partial charge on any atom is -0.366 e. The third-order valence-electron chi connectivity index (χ3n) is 1.41. The maximum absolute atomic E-state index is 10.7. The Kier molecular flexibility index (Phi) is 3.39. The Hall–Kier alpha value is -1.65. The van der Waals surface area contributed by atoms with Crippen LogP contribution in [-0.2, 0) is 4.79 Å². The Labute approximate surface area is 82.9 Å². The fourth-order valence-electron chi connectivity index (χ4n) is 0.952. The van der Waals surface area contributed by atoms with Gasteiger partial charge in [0.2, 0.25) is 5.91 Å². The molecule has 1 rings (SSSR count). The van der Waals surface area contributed by atoms with Gasteiger partial charge >= 0.3 is 0 Å². The van der Waals surface area contributed by atoms with E-state index in [-0.39, 0.29) is 5.91 Å². The fraction of sp³-hybridized carbons (Fsp3) is 0.444. The highest BCUT2D eigenvalue weighted by Crippen LogP contribution is 2.06. The molecule has 0 radical (unpaired) electrons. The van der Waals surface area contributed by atoms with Gasteiger partial charge in [-0.15, -0.1) is 10.2 Å². The van der Waals surface area contributed by atoms with Crippen LogP contribution in [0.2, 0.25) is 0 Å². The molecule has 0 saturated carbocycles. The molecule has 2 N–H and O–H groups in total. The molecule has 0 aliphatic rings. The number of anilines is 2. The van der Waals surface area contributed by atoms with E-state index >= 15 is 0 Å². The zero-order chi connectivity index (χ0) is 10.6. The van der Waals surface area contributed by atoms with Crippen molar-refractivity contribution in [2.24, 2.45) is 0 Å². The molecular weight excluding hydrogens is 180 g/mol. The largest absolute Gasteiger partial charge is 0.366 e. The summed E-state index contributed by atoms with van der Waals surface area (Å²) in [4.78, 5) is 10.7. The summed E-state index contributed by atoms with van der Waals surface area (Å²) in [7, 11) is 0. The van der Waals surface area contributed by atoms with E-state index in [1.807, 2.05) is 13.8 Å². The first-order chi connectivity index (χ1) is 6.58. The Morgan fingerprint density at radius 3 is 2.29 bits per heavy atom. The summed E-state index contributed by atoms with van der Waals surface area (Å²) < 4.78 is 0. The summed E-state index contributed by atoms with van der Waals surface area (Å²) in [6, 6.07) is 3.80. The van der Waals surface area contributed by atoms with E-state index in [2.05, 4.69) is 20.8 Å². The molecule has 0 bridgehead atoms. The molecule has 76 valence electrons. The van der Waals surface area contributed by atoms with E-state index in [1.54, 1.807) is 12.1 Å². The quantitative estimate of drug-likeness (QED) is 0.760. The summed E-state index contributed by atoms with van der Waals surface area (Å²) in [5, 5.41) is 13.4. The maximum atomic E-state index is 10.7. The second-order valence-corrected chi connectivity index (χ2v) is 3.28. The van der Waals surface area contributed by atoms with E-state index in [0.29, 0.717) is 17.7 Å². The first-order valence-corrected chi connectivity index (χ1v) is 4.46. The highest BCUT2D eigenvalue weighted by atomic mass is 16.1. The van der Waals surface area contributed by atoms with Crippen molar-refractivity contribution in [1.82, 2.24) is 10.2 Å². The fourth-order valence-corrected chi connectivity index (χ4v) is 0.952. The number of rotatable bonds is 3. The van der Waals surface area contributed by atoms with Crippen molar-refractivity contribution in [2.45, 2.75) is 26.8 Å². The summed E-state index contributed by atoms with van der Waals surface area (Å²) >= 11 is 0. The molecule has 0 aromatic carbocycles. The van der Waals surface area contributed by atoms with E-state index in [9.17, 15) is 4.79 Å². The van der Waals surface area contributed by atoms with Gasteiger partial charge in [-0.1, -0.05) is 0 Å². The van der Waals surface area contributed by atoms with Gasteiger partial charge in [0.05, 0.1) is 0 Å². The van der Waals surface area contributed by atoms with E-state index < -0.39 is 0 Å². The number of carbonyl (C=O) groups excluding carboxylic acids is 1. The van der Waals surface area contributed by atoms with Gasteiger partial charge in [0.25, 0.3) is 0 Å². The second kappa shape index (κ2) is 4.55. The van der Waals surface area contributed by atoms with Crippen LogP contribution in [0.1, 0.15) is 20.8 Å². The Balaban J connectivity index is 2.63. The number of hydrogen-bond donors (Lipinski definition) is 2. The molecule has 5 nitrogen and oxygen atoms in total. The van der Waals surface area contributed by atoms with Gasteiger partial charge in [-0.3, -0.25) is 4.79 Å². The van der Waals surface area contributed by atoms with Gasteiger partial charge in [0.15, 0.2) is 5.82 Å². The zero-order valence-corrected chi connectivity index (χ0v) is 8.53. The lowest BCUT2D eigenvalue weighted by molar-refractivity contribution is -0.114. The van der Waals surface area contributed by atoms with Crippen molar-refractivity contribution in [2.75, 3.05) is 10.6 Å². The zero-order valence-electron chi connectivity index (χ0n) is 8.53. The van der Waals surface area contributed by atoms with E-state index in [0.717, 1.165) is 0 Å². The van der Waals surface area contributed by atoms with E-state index in [1.165, 1.54) is 6.92 Å². The maximum Gasteiger partial charge on any atom is 0.222 e. The second-order valence-electron chi connectivity index (χ2n) is 3.28. The highest BCUT2D eigenvalue weighted by molar-refractivity contribution is 5.87. The topological polar surface area (TPSA) is 66.9 Å². The van der Waals surface area contributed by atoms with Gasteiger partial charge in [-0.2, -0.15) is 0 Å². The van der Waals surface area contributed by atoms with Gasteiger partial charge in [0.1, 0.15) is 5.82 Å².